The number of nitrogens with zero attached hydrogens (tertiary/aromatic N) is 1. The Kier molecular flexibility index (Phi) is 3.85. The van der Waals surface area contributed by atoms with Gasteiger partial charge >= 0.3 is 0 Å². The number of ether oxygens (including phenoxy) is 1. The Morgan fingerprint density at radius 3 is 2.72 bits per heavy atom. The van der Waals surface area contributed by atoms with Gasteiger partial charge < -0.3 is 9.84 Å². The van der Waals surface area contributed by atoms with E-state index in [1.807, 2.05) is 0 Å². The van der Waals surface area contributed by atoms with Crippen LogP contribution in [0.1, 0.15) is 65.7 Å². The lowest BCUT2D eigenvalue weighted by atomic mass is 9.47. The summed E-state index contributed by atoms with van der Waals surface area (Å²) < 4.78 is 5.79. The summed E-state index contributed by atoms with van der Waals surface area (Å²) in [5, 5.41) is 20.5. The van der Waals surface area contributed by atoms with Crippen LogP contribution in [0.15, 0.2) is 23.5 Å². The zero-order valence-corrected chi connectivity index (χ0v) is 15.8. The van der Waals surface area contributed by atoms with Crippen molar-refractivity contribution in [2.75, 3.05) is 6.61 Å². The first-order chi connectivity index (χ1) is 11.9. The average molecular weight is 341 g/mol. The molecule has 25 heavy (non-hydrogen) atoms. The zero-order chi connectivity index (χ0) is 17.9. The maximum Gasteiger partial charge on any atom is 0.156 e. The van der Waals surface area contributed by atoms with Gasteiger partial charge in [-0.25, -0.2) is 0 Å². The molecule has 3 nitrogen and oxygen atoms in total. The molecule has 0 spiro atoms. The number of allylic oxidation sites excluding steroid dienone is 4. The van der Waals surface area contributed by atoms with E-state index in [1.165, 1.54) is 5.57 Å². The van der Waals surface area contributed by atoms with Gasteiger partial charge in [-0.05, 0) is 80.3 Å². The van der Waals surface area contributed by atoms with Crippen LogP contribution in [0.4, 0.5) is 0 Å². The zero-order valence-electron chi connectivity index (χ0n) is 15.8. The second-order valence-electron chi connectivity index (χ2n) is 9.20. The minimum absolute atomic E-state index is 0.231. The first-order valence-corrected chi connectivity index (χ1v) is 10.1. The van der Waals surface area contributed by atoms with E-state index >= 15 is 0 Å². The molecule has 2 saturated carbocycles. The lowest BCUT2D eigenvalue weighted by Gasteiger charge is -2.57. The Balaban J connectivity index is 1.67. The Morgan fingerprint density at radius 1 is 1.24 bits per heavy atom. The van der Waals surface area contributed by atoms with Crippen molar-refractivity contribution in [1.29, 1.82) is 5.26 Å². The summed E-state index contributed by atoms with van der Waals surface area (Å²) in [5.41, 5.74) is 0.354. The standard InChI is InChI=1S/C22H31NO2/c1-4-25-16-7-10-20(2)15(13-16)5-6-17-18(20)8-11-21(3)19(17)9-12-22(21,24)14-23/h5,13,17-19,24H,4,6-12H2,1-3H3/t17-,18+,19+,20+,21+,22+/m1/s1. The third-order valence-corrected chi connectivity index (χ3v) is 8.40. The molecule has 4 aliphatic carbocycles. The number of nitriles is 1. The van der Waals surface area contributed by atoms with Crippen LogP contribution in [0.2, 0.25) is 0 Å². The van der Waals surface area contributed by atoms with Crippen LogP contribution in [0.3, 0.4) is 0 Å². The number of aliphatic hydroxyl groups is 1. The Labute approximate surface area is 151 Å². The third-order valence-electron chi connectivity index (χ3n) is 8.40. The molecule has 0 heterocycles. The summed E-state index contributed by atoms with van der Waals surface area (Å²) in [6.45, 7) is 7.43. The summed E-state index contributed by atoms with van der Waals surface area (Å²) in [6.07, 6.45) is 11.8. The maximum atomic E-state index is 10.9. The van der Waals surface area contributed by atoms with Crippen molar-refractivity contribution in [2.45, 2.75) is 71.3 Å². The quantitative estimate of drug-likeness (QED) is 0.738. The van der Waals surface area contributed by atoms with Crippen molar-refractivity contribution in [3.05, 3.63) is 23.5 Å². The highest BCUT2D eigenvalue weighted by Gasteiger charge is 2.63. The molecule has 2 fully saturated rings. The number of hydrogen-bond donors (Lipinski definition) is 1. The highest BCUT2D eigenvalue weighted by atomic mass is 16.5. The molecule has 0 unspecified atom stereocenters. The van der Waals surface area contributed by atoms with Gasteiger partial charge in [-0.15, -0.1) is 0 Å². The van der Waals surface area contributed by atoms with Crippen LogP contribution in [0.5, 0.6) is 0 Å². The molecule has 0 aliphatic heterocycles. The summed E-state index contributed by atoms with van der Waals surface area (Å²) in [5.74, 6) is 2.90. The van der Waals surface area contributed by atoms with E-state index in [2.05, 4.69) is 39.0 Å². The van der Waals surface area contributed by atoms with Crippen LogP contribution >= 0.6 is 0 Å². The van der Waals surface area contributed by atoms with Gasteiger partial charge in [0, 0.05) is 11.8 Å². The Bertz CT molecular complexity index is 674. The van der Waals surface area contributed by atoms with Crippen molar-refractivity contribution >= 4 is 0 Å². The smallest absolute Gasteiger partial charge is 0.156 e. The normalized spacial score (nSPS) is 48.4. The number of hydrogen-bond acceptors (Lipinski definition) is 3. The predicted octanol–water partition coefficient (Wildman–Crippen LogP) is 4.73. The lowest BCUT2D eigenvalue weighted by molar-refractivity contribution is -0.0933. The van der Waals surface area contributed by atoms with Gasteiger partial charge in [-0.2, -0.15) is 5.26 Å². The molecule has 4 rings (SSSR count). The van der Waals surface area contributed by atoms with Crippen molar-refractivity contribution < 1.29 is 9.84 Å². The maximum absolute atomic E-state index is 10.9. The second-order valence-corrected chi connectivity index (χ2v) is 9.20. The van der Waals surface area contributed by atoms with E-state index in [0.717, 1.165) is 50.9 Å². The predicted molar refractivity (Wildman–Crippen MR) is 97.4 cm³/mol. The molecule has 6 atom stereocenters. The Hall–Kier alpha value is -1.27. The molecule has 3 heteroatoms. The number of fused-ring (bicyclic) bond motifs is 5. The van der Waals surface area contributed by atoms with Gasteiger partial charge in [0.15, 0.2) is 5.60 Å². The van der Waals surface area contributed by atoms with Gasteiger partial charge in [-0.1, -0.05) is 19.9 Å². The number of rotatable bonds is 2. The van der Waals surface area contributed by atoms with Gasteiger partial charge in [-0.3, -0.25) is 0 Å². The Morgan fingerprint density at radius 2 is 2.00 bits per heavy atom. The average Bonchev–Trinajstić information content (AvgIpc) is 2.87. The minimum atomic E-state index is -1.12. The van der Waals surface area contributed by atoms with Crippen molar-refractivity contribution in [1.82, 2.24) is 0 Å². The molecule has 0 saturated heterocycles. The van der Waals surface area contributed by atoms with E-state index < -0.39 is 5.60 Å². The fourth-order valence-electron chi connectivity index (χ4n) is 6.80. The highest BCUT2D eigenvalue weighted by Crippen LogP contribution is 2.66. The lowest BCUT2D eigenvalue weighted by Crippen LogP contribution is -2.53. The fourth-order valence-corrected chi connectivity index (χ4v) is 6.80. The summed E-state index contributed by atoms with van der Waals surface area (Å²) in [6, 6.07) is 2.28. The van der Waals surface area contributed by atoms with Gasteiger partial charge in [0.1, 0.15) is 0 Å². The largest absolute Gasteiger partial charge is 0.498 e. The summed E-state index contributed by atoms with van der Waals surface area (Å²) in [4.78, 5) is 0. The van der Waals surface area contributed by atoms with E-state index in [4.69, 9.17) is 4.74 Å². The molecule has 0 aromatic carbocycles. The highest BCUT2D eigenvalue weighted by molar-refractivity contribution is 5.36. The molecule has 0 aromatic heterocycles. The topological polar surface area (TPSA) is 53.2 Å². The van der Waals surface area contributed by atoms with Gasteiger partial charge in [0.05, 0.1) is 18.4 Å². The van der Waals surface area contributed by atoms with Gasteiger partial charge in [0.2, 0.25) is 0 Å². The molecule has 4 aliphatic rings. The van der Waals surface area contributed by atoms with E-state index in [1.54, 1.807) is 0 Å². The first kappa shape index (κ1) is 17.2. The molecular weight excluding hydrogens is 310 g/mol. The van der Waals surface area contributed by atoms with E-state index in [-0.39, 0.29) is 10.8 Å². The third kappa shape index (κ3) is 2.19. The van der Waals surface area contributed by atoms with Crippen LogP contribution in [0, 0.1) is 39.9 Å². The molecular formula is C22H31NO2. The van der Waals surface area contributed by atoms with Crippen LogP contribution in [0.25, 0.3) is 0 Å². The van der Waals surface area contributed by atoms with Crippen molar-refractivity contribution in [2.24, 2.45) is 28.6 Å². The van der Waals surface area contributed by atoms with E-state index in [9.17, 15) is 10.4 Å². The van der Waals surface area contributed by atoms with Crippen molar-refractivity contribution in [3.63, 3.8) is 0 Å². The molecule has 0 aromatic rings. The summed E-state index contributed by atoms with van der Waals surface area (Å²) in [7, 11) is 0. The van der Waals surface area contributed by atoms with Crippen LogP contribution < -0.4 is 0 Å². The van der Waals surface area contributed by atoms with Crippen LogP contribution in [-0.2, 0) is 4.74 Å². The van der Waals surface area contributed by atoms with Crippen molar-refractivity contribution in [3.8, 4) is 6.07 Å². The monoisotopic (exact) mass is 341 g/mol. The first-order valence-electron chi connectivity index (χ1n) is 10.1. The second kappa shape index (κ2) is 5.61. The molecule has 0 bridgehead atoms. The molecule has 136 valence electrons. The molecule has 1 N–H and O–H groups in total. The minimum Gasteiger partial charge on any atom is -0.498 e. The SMILES string of the molecule is CCOC1=CC2=CC[C@@H]3[C@H](CC[C@@]4(C)[C@H]3CC[C@]4(O)C#N)[C@@]2(C)CC1. The summed E-state index contributed by atoms with van der Waals surface area (Å²) >= 11 is 0. The molecule has 0 amide bonds. The van der Waals surface area contributed by atoms with E-state index in [0.29, 0.717) is 24.2 Å². The molecule has 0 radical (unpaired) electrons. The fraction of sp³-hybridized carbons (Fsp3) is 0.773. The van der Waals surface area contributed by atoms with Crippen LogP contribution in [-0.4, -0.2) is 17.3 Å². The van der Waals surface area contributed by atoms with Gasteiger partial charge in [0.25, 0.3) is 0 Å².